The summed E-state index contributed by atoms with van der Waals surface area (Å²) in [4.78, 5) is 0. The zero-order valence-electron chi connectivity index (χ0n) is 20.0. The summed E-state index contributed by atoms with van der Waals surface area (Å²) in [5, 5.41) is 0. The van der Waals surface area contributed by atoms with Gasteiger partial charge in [0.2, 0.25) is 0 Å². The van der Waals surface area contributed by atoms with E-state index in [1.807, 2.05) is 91.0 Å². The third-order valence-electron chi connectivity index (χ3n) is 3.30. The van der Waals surface area contributed by atoms with Crippen LogP contribution in [0.15, 0.2) is 115 Å². The number of rotatable bonds is 1. The third kappa shape index (κ3) is 25.2. The van der Waals surface area contributed by atoms with Crippen molar-refractivity contribution in [3.05, 3.63) is 127 Å². The number of benzene rings is 2. The van der Waals surface area contributed by atoms with Gasteiger partial charge in [-0.1, -0.05) is 0 Å². The Morgan fingerprint density at radius 2 is 0.968 bits per heavy atom. The molecule has 1 radical (unpaired) electrons. The quantitative estimate of drug-likeness (QED) is 0.141. The van der Waals surface area contributed by atoms with Gasteiger partial charge in [0, 0.05) is 0 Å². The molecule has 0 aliphatic carbocycles. The van der Waals surface area contributed by atoms with Gasteiger partial charge in [0.05, 0.1) is 0 Å². The molecule has 3 heteroatoms. The maximum Gasteiger partial charge on any atom is 4.00 e. The smallest absolute Gasteiger partial charge is 0.214 e. The van der Waals surface area contributed by atoms with Crippen LogP contribution in [0.25, 0.3) is 0 Å². The van der Waals surface area contributed by atoms with Crippen LogP contribution in [0.1, 0.15) is 0 Å². The molecular weight excluding hydrogens is 660 g/mol. The second-order valence-corrected chi connectivity index (χ2v) is 25.0. The molecular formula is C28H37Ge2Hf. The molecule has 0 heterocycles. The third-order valence-corrected chi connectivity index (χ3v) is 7.63. The van der Waals surface area contributed by atoms with Crippen molar-refractivity contribution >= 4 is 32.0 Å². The van der Waals surface area contributed by atoms with E-state index in [1.54, 1.807) is 4.40 Å². The summed E-state index contributed by atoms with van der Waals surface area (Å²) >= 11 is -1.77. The van der Waals surface area contributed by atoms with E-state index in [0.29, 0.717) is 0 Å². The van der Waals surface area contributed by atoms with Gasteiger partial charge in [-0.3, -0.25) is 0 Å². The van der Waals surface area contributed by atoms with Crippen LogP contribution in [0, 0.1) is 12.1 Å². The molecule has 4 aromatic rings. The van der Waals surface area contributed by atoms with E-state index < -0.39 is 13.3 Å². The topological polar surface area (TPSA) is 0 Å². The second-order valence-electron chi connectivity index (χ2n) is 8.04. The summed E-state index contributed by atoms with van der Waals surface area (Å²) in [6.45, 7) is 0. The van der Waals surface area contributed by atoms with Crippen LogP contribution in [0.4, 0.5) is 0 Å². The van der Waals surface area contributed by atoms with Crippen molar-refractivity contribution in [1.82, 2.24) is 0 Å². The van der Waals surface area contributed by atoms with Gasteiger partial charge in [-0.2, -0.15) is 91.0 Å². The van der Waals surface area contributed by atoms with Crippen molar-refractivity contribution in [3.8, 4) is 0 Å². The Morgan fingerprint density at radius 3 is 1.10 bits per heavy atom. The fraction of sp³-hybridized carbons (Fsp3) is 0.214. The summed E-state index contributed by atoms with van der Waals surface area (Å²) in [5.74, 6) is 14.2. The van der Waals surface area contributed by atoms with E-state index in [9.17, 15) is 0 Å². The van der Waals surface area contributed by atoms with E-state index in [4.69, 9.17) is 0 Å². The van der Waals surface area contributed by atoms with Crippen LogP contribution in [0.3, 0.4) is 0 Å². The van der Waals surface area contributed by atoms with Crippen LogP contribution in [-0.2, 0) is 25.8 Å². The van der Waals surface area contributed by atoms with Crippen LogP contribution < -0.4 is 4.40 Å². The molecule has 0 saturated heterocycles. The summed E-state index contributed by atoms with van der Waals surface area (Å²) in [6.07, 6.45) is 0. The largest absolute Gasteiger partial charge is 4.00 e. The van der Waals surface area contributed by atoms with E-state index in [-0.39, 0.29) is 40.2 Å². The van der Waals surface area contributed by atoms with Gasteiger partial charge in [0.15, 0.2) is 0 Å². The monoisotopic (exact) mass is 701 g/mol. The molecule has 0 amide bonds. The molecule has 4 aromatic carbocycles. The molecule has 0 aliphatic rings. The van der Waals surface area contributed by atoms with Crippen molar-refractivity contribution in [2.75, 3.05) is 0 Å². The standard InChI is InChI=1S/C8H13Ge.2C6H5.C5H5.C3H9Ge.Hf/c1-9(2,3)8-6-4-5-7-8;2*1-2-4-6-5-3-1;1-2-4-5-3-1;1-4(2)3;/h4-7H,1-3H3;2*1-5H;1-5H;1-3H3;/q4*-1;;+4. The Hall–Kier alpha value is -0.904. The summed E-state index contributed by atoms with van der Waals surface area (Å²) < 4.78 is 1.61. The normalized spacial score (nSPS) is 9.00. The van der Waals surface area contributed by atoms with Crippen molar-refractivity contribution in [2.45, 2.75) is 34.5 Å². The first-order valence-corrected chi connectivity index (χ1v) is 24.0. The maximum atomic E-state index is 2.89. The fourth-order valence-electron chi connectivity index (χ4n) is 1.88. The van der Waals surface area contributed by atoms with Gasteiger partial charge in [0.25, 0.3) is 0 Å². The van der Waals surface area contributed by atoms with Gasteiger partial charge in [0.1, 0.15) is 0 Å². The summed E-state index contributed by atoms with van der Waals surface area (Å²) in [6, 6.07) is 43.8. The molecule has 0 fully saturated rings. The minimum absolute atomic E-state index is 0. The average molecular weight is 697 g/mol. The van der Waals surface area contributed by atoms with Gasteiger partial charge in [-0.05, 0) is 0 Å². The predicted molar refractivity (Wildman–Crippen MR) is 141 cm³/mol. The molecule has 0 saturated carbocycles. The molecule has 4 rings (SSSR count). The zero-order chi connectivity index (χ0) is 22.5. The van der Waals surface area contributed by atoms with E-state index in [2.05, 4.69) is 70.9 Å². The second kappa shape index (κ2) is 22.3. The molecule has 0 aliphatic heterocycles. The molecule has 161 valence electrons. The molecule has 0 unspecified atom stereocenters. The van der Waals surface area contributed by atoms with Crippen molar-refractivity contribution in [3.63, 3.8) is 0 Å². The maximum absolute atomic E-state index is 2.89. The first-order valence-electron chi connectivity index (χ1n) is 10.3. The van der Waals surface area contributed by atoms with Gasteiger partial charge >= 0.3 is 117 Å². The zero-order valence-corrected chi connectivity index (χ0v) is 27.8. The van der Waals surface area contributed by atoms with Crippen molar-refractivity contribution < 1.29 is 25.8 Å². The Labute approximate surface area is 218 Å². The van der Waals surface area contributed by atoms with Gasteiger partial charge in [-0.15, -0.1) is 0 Å². The van der Waals surface area contributed by atoms with Crippen LogP contribution >= 0.6 is 0 Å². The SMILES string of the molecule is [CH3][Ge]([CH3])([CH3])[c-]1cccc1.[CH3][Ge]([CH3])[CH3].[Hf+4].[c-]1ccccc1.[c-]1ccccc1.c1cc[cH-]c1. The predicted octanol–water partition coefficient (Wildman–Crippen LogP) is 7.70. The molecule has 0 aromatic heterocycles. The van der Waals surface area contributed by atoms with Gasteiger partial charge in [-0.25, -0.2) is 12.1 Å². The van der Waals surface area contributed by atoms with Crippen LogP contribution in [0.5, 0.6) is 0 Å². The minimum Gasteiger partial charge on any atom is -0.214 e. The fourth-order valence-corrected chi connectivity index (χ4v) is 4.38. The Kier molecular flexibility index (Phi) is 23.2. The Bertz CT molecular complexity index is 652. The molecule has 0 spiro atoms. The van der Waals surface area contributed by atoms with E-state index >= 15 is 0 Å². The Balaban J connectivity index is 0. The number of hydrogen-bond acceptors (Lipinski definition) is 0. The minimum atomic E-state index is -1.44. The molecule has 0 atom stereocenters. The van der Waals surface area contributed by atoms with Gasteiger partial charge < -0.3 is 0 Å². The average Bonchev–Trinajstić information content (AvgIpc) is 3.48. The molecule has 0 nitrogen and oxygen atoms in total. The van der Waals surface area contributed by atoms with Crippen molar-refractivity contribution in [2.24, 2.45) is 0 Å². The molecule has 0 bridgehead atoms. The van der Waals surface area contributed by atoms with Crippen molar-refractivity contribution in [1.29, 1.82) is 0 Å². The molecule has 31 heavy (non-hydrogen) atoms. The molecule has 0 N–H and O–H groups in total. The van der Waals surface area contributed by atoms with Crippen LogP contribution in [0.2, 0.25) is 34.5 Å². The van der Waals surface area contributed by atoms with Crippen LogP contribution in [-0.4, -0.2) is 27.6 Å². The van der Waals surface area contributed by atoms with E-state index in [0.717, 1.165) is 0 Å². The number of hydrogen-bond donors (Lipinski definition) is 0. The Morgan fingerprint density at radius 1 is 0.613 bits per heavy atom. The summed E-state index contributed by atoms with van der Waals surface area (Å²) in [5.41, 5.74) is 0. The van der Waals surface area contributed by atoms with E-state index in [1.165, 1.54) is 0 Å². The first kappa shape index (κ1) is 32.3. The summed E-state index contributed by atoms with van der Waals surface area (Å²) in [7, 11) is 0. The first-order chi connectivity index (χ1) is 14.3.